The Morgan fingerprint density at radius 2 is 1.95 bits per heavy atom. The molecule has 3 rings (SSSR count). The van der Waals surface area contributed by atoms with Gasteiger partial charge in [-0.25, -0.2) is 13.4 Å². The normalized spacial score (nSPS) is 19.8. The van der Waals surface area contributed by atoms with Gasteiger partial charge in [-0.15, -0.1) is 0 Å². The molecular formula is C14H14ClN3O2S. The maximum Gasteiger partial charge on any atom is 0.246 e. The van der Waals surface area contributed by atoms with Gasteiger partial charge in [-0.3, -0.25) is 4.98 Å². The van der Waals surface area contributed by atoms with Crippen molar-refractivity contribution in [1.82, 2.24) is 14.3 Å². The molecule has 1 aliphatic heterocycles. The Balaban J connectivity index is 2.01. The summed E-state index contributed by atoms with van der Waals surface area (Å²) in [5.41, 5.74) is 0.950. The molecule has 0 bridgehead atoms. The third-order valence-electron chi connectivity index (χ3n) is 3.61. The van der Waals surface area contributed by atoms with E-state index in [9.17, 15) is 8.42 Å². The smallest absolute Gasteiger partial charge is 0.246 e. The molecule has 3 heterocycles. The number of aromatic nitrogens is 2. The van der Waals surface area contributed by atoms with Crippen LogP contribution in [0.3, 0.4) is 0 Å². The molecule has 0 spiro atoms. The molecule has 110 valence electrons. The Hall–Kier alpha value is -1.50. The molecule has 7 heteroatoms. The van der Waals surface area contributed by atoms with Crippen molar-refractivity contribution in [2.75, 3.05) is 6.54 Å². The fourth-order valence-corrected chi connectivity index (χ4v) is 4.75. The summed E-state index contributed by atoms with van der Waals surface area (Å²) >= 11 is 5.95. The van der Waals surface area contributed by atoms with E-state index in [0.717, 1.165) is 18.4 Å². The molecule has 1 saturated heterocycles. The van der Waals surface area contributed by atoms with E-state index in [4.69, 9.17) is 11.6 Å². The standard InChI is InChI=1S/C14H14ClN3O2S/c15-14-13(4-1-7-17-14)21(19,20)18-10-2-3-12(18)11-5-8-16-9-6-11/h1,4-9,12H,2-3,10H2. The zero-order chi connectivity index (χ0) is 14.9. The topological polar surface area (TPSA) is 63.2 Å². The Morgan fingerprint density at radius 1 is 1.19 bits per heavy atom. The van der Waals surface area contributed by atoms with Gasteiger partial charge in [-0.1, -0.05) is 11.6 Å². The molecular weight excluding hydrogens is 310 g/mol. The number of hydrogen-bond acceptors (Lipinski definition) is 4. The van der Waals surface area contributed by atoms with E-state index in [-0.39, 0.29) is 16.1 Å². The van der Waals surface area contributed by atoms with Crippen LogP contribution in [0.4, 0.5) is 0 Å². The van der Waals surface area contributed by atoms with E-state index in [2.05, 4.69) is 9.97 Å². The van der Waals surface area contributed by atoms with E-state index >= 15 is 0 Å². The van der Waals surface area contributed by atoms with Crippen LogP contribution in [0, 0.1) is 0 Å². The van der Waals surface area contributed by atoms with Crippen molar-refractivity contribution in [2.45, 2.75) is 23.8 Å². The Labute approximate surface area is 128 Å². The minimum atomic E-state index is -3.65. The Bertz CT molecular complexity index is 737. The molecule has 0 saturated carbocycles. The van der Waals surface area contributed by atoms with Gasteiger partial charge >= 0.3 is 0 Å². The van der Waals surface area contributed by atoms with Gasteiger partial charge in [0.05, 0.1) is 6.04 Å². The monoisotopic (exact) mass is 323 g/mol. The van der Waals surface area contributed by atoms with Gasteiger partial charge in [-0.2, -0.15) is 4.31 Å². The molecule has 0 aliphatic carbocycles. The van der Waals surface area contributed by atoms with Gasteiger partial charge < -0.3 is 0 Å². The molecule has 1 unspecified atom stereocenters. The summed E-state index contributed by atoms with van der Waals surface area (Å²) in [6, 6.07) is 6.60. The lowest BCUT2D eigenvalue weighted by atomic mass is 10.1. The van der Waals surface area contributed by atoms with Crippen LogP contribution >= 0.6 is 11.6 Å². The lowest BCUT2D eigenvalue weighted by Crippen LogP contribution is -2.31. The first-order valence-corrected chi connectivity index (χ1v) is 8.45. The van der Waals surface area contributed by atoms with Gasteiger partial charge in [0.15, 0.2) is 0 Å². The van der Waals surface area contributed by atoms with Gasteiger partial charge in [0.25, 0.3) is 0 Å². The first-order chi connectivity index (χ1) is 10.1. The largest absolute Gasteiger partial charge is 0.265 e. The van der Waals surface area contributed by atoms with Crippen molar-refractivity contribution in [3.8, 4) is 0 Å². The number of sulfonamides is 1. The number of nitrogens with zero attached hydrogens (tertiary/aromatic N) is 3. The van der Waals surface area contributed by atoms with Crippen LogP contribution in [-0.2, 0) is 10.0 Å². The number of pyridine rings is 2. The van der Waals surface area contributed by atoms with Crippen molar-refractivity contribution in [2.24, 2.45) is 0 Å². The van der Waals surface area contributed by atoms with Crippen LogP contribution < -0.4 is 0 Å². The Morgan fingerprint density at radius 3 is 2.67 bits per heavy atom. The molecule has 5 nitrogen and oxygen atoms in total. The van der Waals surface area contributed by atoms with E-state index in [0.29, 0.717) is 6.54 Å². The molecule has 1 aliphatic rings. The summed E-state index contributed by atoms with van der Waals surface area (Å²) in [6.07, 6.45) is 6.45. The molecule has 0 amide bonds. The average molecular weight is 324 g/mol. The highest BCUT2D eigenvalue weighted by Gasteiger charge is 2.37. The van der Waals surface area contributed by atoms with Crippen molar-refractivity contribution in [3.05, 3.63) is 53.6 Å². The highest BCUT2D eigenvalue weighted by molar-refractivity contribution is 7.89. The molecule has 21 heavy (non-hydrogen) atoms. The summed E-state index contributed by atoms with van der Waals surface area (Å²) < 4.78 is 27.2. The lowest BCUT2D eigenvalue weighted by Gasteiger charge is -2.24. The van der Waals surface area contributed by atoms with Crippen LogP contribution in [0.25, 0.3) is 0 Å². The van der Waals surface area contributed by atoms with Gasteiger partial charge in [0.2, 0.25) is 10.0 Å². The zero-order valence-electron chi connectivity index (χ0n) is 11.2. The second kappa shape index (κ2) is 5.71. The van der Waals surface area contributed by atoms with Crippen molar-refractivity contribution < 1.29 is 8.42 Å². The summed E-state index contributed by atoms with van der Waals surface area (Å²) in [4.78, 5) is 7.90. The molecule has 0 radical (unpaired) electrons. The SMILES string of the molecule is O=S(=O)(c1cccnc1Cl)N1CCCC1c1ccncc1. The number of rotatable bonds is 3. The van der Waals surface area contributed by atoms with E-state index in [1.54, 1.807) is 18.5 Å². The first-order valence-electron chi connectivity index (χ1n) is 6.63. The molecule has 1 atom stereocenters. The highest BCUT2D eigenvalue weighted by atomic mass is 35.5. The summed E-state index contributed by atoms with van der Waals surface area (Å²) in [5.74, 6) is 0. The first kappa shape index (κ1) is 14.4. The lowest BCUT2D eigenvalue weighted by molar-refractivity contribution is 0.396. The average Bonchev–Trinajstić information content (AvgIpc) is 2.99. The molecule has 1 fully saturated rings. The van der Waals surface area contributed by atoms with Crippen LogP contribution in [0.1, 0.15) is 24.4 Å². The zero-order valence-corrected chi connectivity index (χ0v) is 12.8. The van der Waals surface area contributed by atoms with E-state index in [1.165, 1.54) is 16.6 Å². The third-order valence-corrected chi connectivity index (χ3v) is 5.96. The fraction of sp³-hybridized carbons (Fsp3) is 0.286. The molecule has 0 aromatic carbocycles. The number of hydrogen-bond donors (Lipinski definition) is 0. The van der Waals surface area contributed by atoms with E-state index < -0.39 is 10.0 Å². The minimum absolute atomic E-state index is 0.0119. The number of halogens is 1. The predicted octanol–water partition coefficient (Wildman–Crippen LogP) is 2.66. The summed E-state index contributed by atoms with van der Waals surface area (Å²) in [7, 11) is -3.65. The minimum Gasteiger partial charge on any atom is -0.265 e. The predicted molar refractivity (Wildman–Crippen MR) is 79.4 cm³/mol. The molecule has 2 aromatic rings. The van der Waals surface area contributed by atoms with E-state index in [1.807, 2.05) is 12.1 Å². The second-order valence-electron chi connectivity index (χ2n) is 4.85. The van der Waals surface area contributed by atoms with Crippen LogP contribution in [-0.4, -0.2) is 29.2 Å². The summed E-state index contributed by atoms with van der Waals surface area (Å²) in [5, 5.41) is 0.0119. The van der Waals surface area contributed by atoms with Crippen molar-refractivity contribution >= 4 is 21.6 Å². The van der Waals surface area contributed by atoms with Crippen molar-refractivity contribution in [3.63, 3.8) is 0 Å². The van der Waals surface area contributed by atoms with Gasteiger partial charge in [0.1, 0.15) is 10.0 Å². The van der Waals surface area contributed by atoms with Crippen molar-refractivity contribution in [1.29, 1.82) is 0 Å². The summed E-state index contributed by atoms with van der Waals surface area (Å²) in [6.45, 7) is 0.487. The molecule has 0 N–H and O–H groups in total. The fourth-order valence-electron chi connectivity index (χ4n) is 2.64. The maximum absolute atomic E-state index is 12.8. The second-order valence-corrected chi connectivity index (χ2v) is 7.06. The Kier molecular flexibility index (Phi) is 3.93. The van der Waals surface area contributed by atoms with Crippen LogP contribution in [0.15, 0.2) is 47.8 Å². The van der Waals surface area contributed by atoms with Crippen LogP contribution in [0.2, 0.25) is 5.15 Å². The van der Waals surface area contributed by atoms with Gasteiger partial charge in [-0.05, 0) is 42.7 Å². The highest BCUT2D eigenvalue weighted by Crippen LogP contribution is 2.37. The molecule has 2 aromatic heterocycles. The maximum atomic E-state index is 12.8. The van der Waals surface area contributed by atoms with Crippen LogP contribution in [0.5, 0.6) is 0 Å². The van der Waals surface area contributed by atoms with Gasteiger partial charge in [0, 0.05) is 25.1 Å². The quantitative estimate of drug-likeness (QED) is 0.815. The third kappa shape index (κ3) is 2.66.